The molecule has 0 radical (unpaired) electrons. The number of H-pyrrole nitrogens is 1. The van der Waals surface area contributed by atoms with Gasteiger partial charge >= 0.3 is 0 Å². The van der Waals surface area contributed by atoms with Gasteiger partial charge in [0.1, 0.15) is 0 Å². The van der Waals surface area contributed by atoms with E-state index in [9.17, 15) is 13.2 Å². The third-order valence-electron chi connectivity index (χ3n) is 3.89. The molecule has 1 heterocycles. The Morgan fingerprint density at radius 2 is 1.80 bits per heavy atom. The van der Waals surface area contributed by atoms with Crippen molar-refractivity contribution in [1.29, 1.82) is 0 Å². The lowest BCUT2D eigenvalue weighted by atomic mass is 10.1. The van der Waals surface area contributed by atoms with Crippen LogP contribution in [-0.4, -0.2) is 19.9 Å². The molecule has 5 nitrogen and oxygen atoms in total. The number of hydrogen-bond acceptors (Lipinski definition) is 3. The minimum absolute atomic E-state index is 0.130. The second kappa shape index (κ2) is 7.00. The van der Waals surface area contributed by atoms with Crippen LogP contribution in [0.3, 0.4) is 0 Å². The van der Waals surface area contributed by atoms with E-state index in [1.165, 1.54) is 24.3 Å². The predicted octanol–water partition coefficient (Wildman–Crippen LogP) is 3.01. The Bertz CT molecular complexity index is 1070. The fraction of sp³-hybridized carbons (Fsp3) is 0.167. The highest BCUT2D eigenvalue weighted by Crippen LogP contribution is 2.15. The second-order valence-corrected chi connectivity index (χ2v) is 8.02. The smallest absolute Gasteiger partial charge is 0.251 e. The first kappa shape index (κ1) is 17.7. The van der Waals surface area contributed by atoms with Crippen LogP contribution in [0.1, 0.15) is 11.1 Å². The van der Waals surface area contributed by atoms with Crippen LogP contribution in [0.4, 0.5) is 0 Å². The molecule has 130 valence electrons. The van der Waals surface area contributed by atoms with E-state index in [0.717, 1.165) is 16.5 Å². The summed E-state index contributed by atoms with van der Waals surface area (Å²) in [4.78, 5) is 15.1. The molecule has 0 amide bonds. The summed E-state index contributed by atoms with van der Waals surface area (Å²) in [6.45, 7) is 2.11. The molecule has 0 bridgehead atoms. The Morgan fingerprint density at radius 3 is 2.52 bits per heavy atom. The molecule has 1 aromatic heterocycles. The van der Waals surface area contributed by atoms with Gasteiger partial charge in [0.05, 0.1) is 4.90 Å². The molecule has 0 unspecified atom stereocenters. The summed E-state index contributed by atoms with van der Waals surface area (Å²) < 4.78 is 27.0. The minimum Gasteiger partial charge on any atom is -0.322 e. The Kier molecular flexibility index (Phi) is 4.94. The number of hydrogen-bond donors (Lipinski definition) is 2. The van der Waals surface area contributed by atoms with E-state index in [1.54, 1.807) is 6.07 Å². The first-order valence-electron chi connectivity index (χ1n) is 7.73. The van der Waals surface area contributed by atoms with Crippen LogP contribution in [0.15, 0.2) is 58.2 Å². The molecule has 0 saturated heterocycles. The van der Waals surface area contributed by atoms with Crippen LogP contribution in [-0.2, 0) is 16.4 Å². The summed E-state index contributed by atoms with van der Waals surface area (Å²) in [5.74, 6) is 0. The fourth-order valence-electron chi connectivity index (χ4n) is 2.57. The van der Waals surface area contributed by atoms with E-state index in [1.807, 2.05) is 25.1 Å². The molecule has 2 aromatic carbocycles. The molecule has 0 saturated carbocycles. The Balaban J connectivity index is 1.75. The monoisotopic (exact) mass is 376 g/mol. The summed E-state index contributed by atoms with van der Waals surface area (Å²) in [7, 11) is -3.63. The van der Waals surface area contributed by atoms with Crippen LogP contribution in [0, 0.1) is 6.92 Å². The van der Waals surface area contributed by atoms with Gasteiger partial charge in [-0.1, -0.05) is 23.2 Å². The lowest BCUT2D eigenvalue weighted by molar-refractivity contribution is 0.581. The van der Waals surface area contributed by atoms with Gasteiger partial charge in [-0.25, -0.2) is 13.1 Å². The maximum atomic E-state index is 12.2. The van der Waals surface area contributed by atoms with Crippen molar-refractivity contribution in [2.24, 2.45) is 0 Å². The van der Waals surface area contributed by atoms with Crippen LogP contribution in [0.25, 0.3) is 10.9 Å². The molecule has 0 spiro atoms. The van der Waals surface area contributed by atoms with Crippen LogP contribution >= 0.6 is 11.6 Å². The number of sulfonamides is 1. The normalized spacial score (nSPS) is 11.8. The fourth-order valence-corrected chi connectivity index (χ4v) is 3.73. The van der Waals surface area contributed by atoms with Gasteiger partial charge in [-0.2, -0.15) is 0 Å². The van der Waals surface area contributed by atoms with Gasteiger partial charge in [-0.05, 0) is 61.2 Å². The third-order valence-corrected chi connectivity index (χ3v) is 5.62. The van der Waals surface area contributed by atoms with Crippen molar-refractivity contribution in [3.05, 3.63) is 75.0 Å². The number of aromatic nitrogens is 1. The molecule has 25 heavy (non-hydrogen) atoms. The highest BCUT2D eigenvalue weighted by molar-refractivity contribution is 7.89. The van der Waals surface area contributed by atoms with Crippen molar-refractivity contribution in [1.82, 2.24) is 9.71 Å². The number of nitrogens with one attached hydrogen (secondary N) is 2. The predicted molar refractivity (Wildman–Crippen MR) is 99.7 cm³/mol. The molecular formula is C18H17ClN2O3S. The van der Waals surface area contributed by atoms with Crippen molar-refractivity contribution in [3.8, 4) is 0 Å². The van der Waals surface area contributed by atoms with Gasteiger partial charge < -0.3 is 4.98 Å². The second-order valence-electron chi connectivity index (χ2n) is 5.82. The summed E-state index contributed by atoms with van der Waals surface area (Å²) in [6.07, 6.45) is 0.298. The lowest BCUT2D eigenvalue weighted by Crippen LogP contribution is -2.27. The number of pyridine rings is 1. The number of halogens is 1. The summed E-state index contributed by atoms with van der Waals surface area (Å²) in [6, 6.07) is 13.5. The van der Waals surface area contributed by atoms with Gasteiger partial charge in [0, 0.05) is 22.6 Å². The van der Waals surface area contributed by atoms with Gasteiger partial charge in [0.25, 0.3) is 5.56 Å². The lowest BCUT2D eigenvalue weighted by Gasteiger charge is -2.08. The number of rotatable bonds is 5. The maximum absolute atomic E-state index is 12.2. The van der Waals surface area contributed by atoms with E-state index >= 15 is 0 Å². The van der Waals surface area contributed by atoms with Gasteiger partial charge in [0.15, 0.2) is 0 Å². The molecule has 2 N–H and O–H groups in total. The summed E-state index contributed by atoms with van der Waals surface area (Å²) >= 11 is 5.77. The molecule has 0 aliphatic rings. The van der Waals surface area contributed by atoms with Gasteiger partial charge in [0.2, 0.25) is 10.0 Å². The van der Waals surface area contributed by atoms with Crippen LogP contribution in [0.5, 0.6) is 0 Å². The van der Waals surface area contributed by atoms with E-state index < -0.39 is 10.0 Å². The Labute approximate surface area is 150 Å². The molecule has 0 atom stereocenters. The highest BCUT2D eigenvalue weighted by Gasteiger charge is 2.13. The molecular weight excluding hydrogens is 360 g/mol. The molecule has 0 aliphatic carbocycles. The topological polar surface area (TPSA) is 79.0 Å². The zero-order chi connectivity index (χ0) is 18.0. The number of aromatic amines is 1. The molecule has 7 heteroatoms. The van der Waals surface area contributed by atoms with Crippen molar-refractivity contribution in [2.75, 3.05) is 6.54 Å². The summed E-state index contributed by atoms with van der Waals surface area (Å²) in [5.41, 5.74) is 2.19. The SMILES string of the molecule is Cc1ccc2[nH]c(=O)c(CCNS(=O)(=O)c3ccc(Cl)cc3)cc2c1. The van der Waals surface area contributed by atoms with E-state index in [2.05, 4.69) is 9.71 Å². The highest BCUT2D eigenvalue weighted by atomic mass is 35.5. The standard InChI is InChI=1S/C18H17ClN2O3S/c1-12-2-7-17-14(10-12)11-13(18(22)21-17)8-9-20-25(23,24)16-5-3-15(19)4-6-16/h2-7,10-11,20H,8-9H2,1H3,(H,21,22). The molecule has 3 rings (SSSR count). The average Bonchev–Trinajstić information content (AvgIpc) is 2.56. The quantitative estimate of drug-likeness (QED) is 0.718. The van der Waals surface area contributed by atoms with Crippen molar-refractivity contribution in [2.45, 2.75) is 18.2 Å². The number of aryl methyl sites for hydroxylation is 1. The Hall–Kier alpha value is -2.15. The van der Waals surface area contributed by atoms with Gasteiger partial charge in [-0.15, -0.1) is 0 Å². The zero-order valence-corrected chi connectivity index (χ0v) is 15.1. The minimum atomic E-state index is -3.63. The molecule has 3 aromatic rings. The first-order valence-corrected chi connectivity index (χ1v) is 9.59. The number of benzene rings is 2. The van der Waals surface area contributed by atoms with Crippen molar-refractivity contribution >= 4 is 32.5 Å². The van der Waals surface area contributed by atoms with E-state index in [4.69, 9.17) is 11.6 Å². The van der Waals surface area contributed by atoms with E-state index in [0.29, 0.717) is 17.0 Å². The average molecular weight is 377 g/mol. The van der Waals surface area contributed by atoms with Crippen molar-refractivity contribution < 1.29 is 8.42 Å². The molecule has 0 fully saturated rings. The molecule has 0 aliphatic heterocycles. The maximum Gasteiger partial charge on any atom is 0.251 e. The van der Waals surface area contributed by atoms with Crippen molar-refractivity contribution in [3.63, 3.8) is 0 Å². The zero-order valence-electron chi connectivity index (χ0n) is 13.5. The van der Waals surface area contributed by atoms with Gasteiger partial charge in [-0.3, -0.25) is 4.79 Å². The largest absolute Gasteiger partial charge is 0.322 e. The first-order chi connectivity index (χ1) is 11.8. The van der Waals surface area contributed by atoms with Crippen LogP contribution < -0.4 is 10.3 Å². The van der Waals surface area contributed by atoms with Crippen LogP contribution in [0.2, 0.25) is 5.02 Å². The number of fused-ring (bicyclic) bond motifs is 1. The summed E-state index contributed by atoms with van der Waals surface area (Å²) in [5, 5.41) is 1.40. The third kappa shape index (κ3) is 4.10. The Morgan fingerprint density at radius 1 is 1.08 bits per heavy atom. The van der Waals surface area contributed by atoms with E-state index in [-0.39, 0.29) is 17.0 Å².